The summed E-state index contributed by atoms with van der Waals surface area (Å²) >= 11 is 8.51. The average Bonchev–Trinajstić information content (AvgIpc) is 2.85. The number of rotatable bonds is 5. The van der Waals surface area contributed by atoms with E-state index in [-0.39, 0.29) is 0 Å². The second kappa shape index (κ2) is 6.27. The molecule has 0 saturated carbocycles. The Balaban J connectivity index is 2.04. The SMILES string of the molecule is CC(C)NCCc1nnc(-c2cc(Br)sc2Br)o1. The Morgan fingerprint density at radius 2 is 2.17 bits per heavy atom. The Hall–Kier alpha value is -0.240. The van der Waals surface area contributed by atoms with Crippen LogP contribution in [0, 0.1) is 0 Å². The molecule has 1 N–H and O–H groups in total. The van der Waals surface area contributed by atoms with Crippen LogP contribution in [0.25, 0.3) is 11.5 Å². The van der Waals surface area contributed by atoms with Crippen LogP contribution in [0.4, 0.5) is 0 Å². The highest BCUT2D eigenvalue weighted by Crippen LogP contribution is 2.37. The van der Waals surface area contributed by atoms with Gasteiger partial charge in [0.25, 0.3) is 0 Å². The van der Waals surface area contributed by atoms with Crippen molar-refractivity contribution in [2.24, 2.45) is 0 Å². The van der Waals surface area contributed by atoms with Crippen molar-refractivity contribution in [3.05, 3.63) is 19.5 Å². The van der Waals surface area contributed by atoms with Crippen LogP contribution in [-0.2, 0) is 6.42 Å². The lowest BCUT2D eigenvalue weighted by atomic mass is 10.3. The molecule has 0 aromatic carbocycles. The van der Waals surface area contributed by atoms with Crippen LogP contribution in [0.1, 0.15) is 19.7 Å². The molecule has 2 aromatic rings. The summed E-state index contributed by atoms with van der Waals surface area (Å²) in [5.74, 6) is 1.22. The van der Waals surface area contributed by atoms with Gasteiger partial charge in [-0.05, 0) is 37.9 Å². The van der Waals surface area contributed by atoms with Gasteiger partial charge in [-0.15, -0.1) is 21.5 Å². The van der Waals surface area contributed by atoms with Gasteiger partial charge in [0.1, 0.15) is 0 Å². The van der Waals surface area contributed by atoms with Gasteiger partial charge in [0.2, 0.25) is 11.8 Å². The van der Waals surface area contributed by atoms with Crippen LogP contribution in [0.15, 0.2) is 18.1 Å². The summed E-state index contributed by atoms with van der Waals surface area (Å²) in [6.45, 7) is 5.06. The van der Waals surface area contributed by atoms with E-state index in [1.54, 1.807) is 11.3 Å². The first-order chi connectivity index (χ1) is 8.56. The van der Waals surface area contributed by atoms with Gasteiger partial charge in [-0.3, -0.25) is 0 Å². The zero-order chi connectivity index (χ0) is 13.1. The minimum Gasteiger partial charge on any atom is -0.421 e. The van der Waals surface area contributed by atoms with Crippen molar-refractivity contribution < 1.29 is 4.42 Å². The summed E-state index contributed by atoms with van der Waals surface area (Å²) in [5, 5.41) is 11.4. The van der Waals surface area contributed by atoms with Crippen LogP contribution >= 0.6 is 43.2 Å². The Labute approximate surface area is 126 Å². The molecule has 0 atom stereocenters. The van der Waals surface area contributed by atoms with Crippen molar-refractivity contribution in [1.29, 1.82) is 0 Å². The van der Waals surface area contributed by atoms with Crippen molar-refractivity contribution in [2.45, 2.75) is 26.3 Å². The molecule has 0 radical (unpaired) electrons. The maximum atomic E-state index is 5.64. The Bertz CT molecular complexity index is 524. The molecule has 2 rings (SSSR count). The first-order valence-corrected chi connectivity index (χ1v) is 7.97. The van der Waals surface area contributed by atoms with E-state index in [4.69, 9.17) is 4.42 Å². The van der Waals surface area contributed by atoms with E-state index in [9.17, 15) is 0 Å². The minimum atomic E-state index is 0.467. The maximum absolute atomic E-state index is 5.64. The van der Waals surface area contributed by atoms with E-state index >= 15 is 0 Å². The second-order valence-corrected chi connectivity index (χ2v) is 7.85. The molecule has 4 nitrogen and oxygen atoms in total. The molecule has 0 aliphatic heterocycles. The van der Waals surface area contributed by atoms with Crippen molar-refractivity contribution in [3.8, 4) is 11.5 Å². The van der Waals surface area contributed by atoms with Gasteiger partial charge in [0.05, 0.1) is 13.1 Å². The first kappa shape index (κ1) is 14.2. The molecule has 18 heavy (non-hydrogen) atoms. The Kier molecular flexibility index (Phi) is 4.94. The van der Waals surface area contributed by atoms with E-state index in [1.165, 1.54) is 0 Å². The van der Waals surface area contributed by atoms with Crippen LogP contribution < -0.4 is 5.32 Å². The summed E-state index contributed by atoms with van der Waals surface area (Å²) < 4.78 is 7.66. The topological polar surface area (TPSA) is 51.0 Å². The normalized spacial score (nSPS) is 11.4. The fourth-order valence-electron chi connectivity index (χ4n) is 1.42. The molecule has 0 saturated heterocycles. The molecular weight excluding hydrogens is 382 g/mol. The quantitative estimate of drug-likeness (QED) is 0.836. The fourth-order valence-corrected chi connectivity index (χ4v) is 4.19. The largest absolute Gasteiger partial charge is 0.421 e. The molecule has 0 amide bonds. The number of aromatic nitrogens is 2. The standard InChI is InChI=1S/C11H13Br2N3OS/c1-6(2)14-4-3-9-15-16-11(17-9)7-5-8(12)18-10(7)13/h5-6,14H,3-4H2,1-2H3. The van der Waals surface area contributed by atoms with Crippen LogP contribution in [0.5, 0.6) is 0 Å². The molecule has 7 heteroatoms. The van der Waals surface area contributed by atoms with Gasteiger partial charge in [0.15, 0.2) is 0 Å². The lowest BCUT2D eigenvalue weighted by molar-refractivity contribution is 0.484. The summed E-state index contributed by atoms with van der Waals surface area (Å²) in [7, 11) is 0. The first-order valence-electron chi connectivity index (χ1n) is 5.57. The highest BCUT2D eigenvalue weighted by Gasteiger charge is 2.14. The molecule has 0 fully saturated rings. The van der Waals surface area contributed by atoms with E-state index in [0.717, 1.165) is 26.1 Å². The fraction of sp³-hybridized carbons (Fsp3) is 0.455. The Morgan fingerprint density at radius 3 is 2.78 bits per heavy atom. The summed E-state index contributed by atoms with van der Waals surface area (Å²) in [5.41, 5.74) is 0.933. The predicted octanol–water partition coefficient (Wildman–Crippen LogP) is 3.86. The van der Waals surface area contributed by atoms with Gasteiger partial charge in [-0.2, -0.15) is 0 Å². The van der Waals surface area contributed by atoms with Gasteiger partial charge in [0, 0.05) is 19.0 Å². The summed E-state index contributed by atoms with van der Waals surface area (Å²) in [6, 6.07) is 2.44. The third-order valence-corrected chi connectivity index (χ3v) is 4.58. The smallest absolute Gasteiger partial charge is 0.249 e. The lowest BCUT2D eigenvalue weighted by Gasteiger charge is -2.04. The van der Waals surface area contributed by atoms with Crippen molar-refractivity contribution in [2.75, 3.05) is 6.54 Å². The highest BCUT2D eigenvalue weighted by molar-refractivity contribution is 9.12. The third kappa shape index (κ3) is 3.63. The molecule has 0 spiro atoms. The number of hydrogen-bond donors (Lipinski definition) is 1. The van der Waals surface area contributed by atoms with E-state index in [2.05, 4.69) is 61.2 Å². The Morgan fingerprint density at radius 1 is 1.39 bits per heavy atom. The average molecular weight is 395 g/mol. The predicted molar refractivity (Wildman–Crippen MR) is 79.9 cm³/mol. The number of hydrogen-bond acceptors (Lipinski definition) is 5. The minimum absolute atomic E-state index is 0.467. The third-order valence-electron chi connectivity index (χ3n) is 2.25. The van der Waals surface area contributed by atoms with E-state index in [0.29, 0.717) is 17.8 Å². The molecule has 0 bridgehead atoms. The monoisotopic (exact) mass is 393 g/mol. The molecular formula is C11H13Br2N3OS. The number of halogens is 2. The second-order valence-electron chi connectivity index (χ2n) is 4.10. The number of nitrogens with zero attached hydrogens (tertiary/aromatic N) is 2. The van der Waals surface area contributed by atoms with E-state index < -0.39 is 0 Å². The molecule has 98 valence electrons. The van der Waals surface area contributed by atoms with Crippen LogP contribution in [-0.4, -0.2) is 22.8 Å². The van der Waals surface area contributed by atoms with Crippen molar-refractivity contribution in [1.82, 2.24) is 15.5 Å². The lowest BCUT2D eigenvalue weighted by Crippen LogP contribution is -2.25. The van der Waals surface area contributed by atoms with Crippen molar-refractivity contribution >= 4 is 43.2 Å². The summed E-state index contributed by atoms with van der Waals surface area (Å²) in [6.07, 6.45) is 0.744. The van der Waals surface area contributed by atoms with Gasteiger partial charge in [-0.1, -0.05) is 13.8 Å². The molecule has 2 heterocycles. The molecule has 2 aromatic heterocycles. The molecule has 0 unspecified atom stereocenters. The molecule has 0 aliphatic rings. The van der Waals surface area contributed by atoms with Gasteiger partial charge < -0.3 is 9.73 Å². The zero-order valence-corrected chi connectivity index (χ0v) is 14.0. The van der Waals surface area contributed by atoms with E-state index in [1.807, 2.05) is 6.07 Å². The number of thiophene rings is 1. The summed E-state index contributed by atoms with van der Waals surface area (Å²) in [4.78, 5) is 0. The highest BCUT2D eigenvalue weighted by atomic mass is 79.9. The number of nitrogens with one attached hydrogen (secondary N) is 1. The molecule has 0 aliphatic carbocycles. The zero-order valence-electron chi connectivity index (χ0n) is 10.0. The van der Waals surface area contributed by atoms with Gasteiger partial charge >= 0.3 is 0 Å². The van der Waals surface area contributed by atoms with Crippen LogP contribution in [0.3, 0.4) is 0 Å². The van der Waals surface area contributed by atoms with Crippen molar-refractivity contribution in [3.63, 3.8) is 0 Å². The van der Waals surface area contributed by atoms with Gasteiger partial charge in [-0.25, -0.2) is 0 Å². The van der Waals surface area contributed by atoms with Crippen LogP contribution in [0.2, 0.25) is 0 Å². The maximum Gasteiger partial charge on any atom is 0.249 e.